The standard InChI is InChI=1S/C21H21N3O6/c1-26-16-8-14(18(27-2)20-19(16)29-6-7-30-20)13-9-17(25)23-21-15(13)10-22-24(21)11-12-4-3-5-28-12/h3-5,8,10,13H,6-7,9,11H2,1-2H3,(H,23,25)/t13-/m1/s1. The minimum atomic E-state index is -0.279. The summed E-state index contributed by atoms with van der Waals surface area (Å²) in [5, 5.41) is 7.42. The molecule has 0 saturated heterocycles. The van der Waals surface area contributed by atoms with Crippen molar-refractivity contribution >= 4 is 11.7 Å². The number of nitrogens with one attached hydrogen (secondary N) is 1. The first-order chi connectivity index (χ1) is 14.7. The SMILES string of the molecule is COc1cc([C@H]2CC(=O)Nc3c2cnn3Cc2ccco2)c(OC)c2c1OCCO2. The molecule has 0 radical (unpaired) electrons. The highest BCUT2D eigenvalue weighted by Gasteiger charge is 2.35. The Kier molecular flexibility index (Phi) is 4.50. The number of hydrogen-bond donors (Lipinski definition) is 1. The molecular formula is C21H21N3O6. The normalized spacial score (nSPS) is 17.3. The van der Waals surface area contributed by atoms with Crippen LogP contribution >= 0.6 is 0 Å². The highest BCUT2D eigenvalue weighted by Crippen LogP contribution is 2.52. The molecule has 1 N–H and O–H groups in total. The lowest BCUT2D eigenvalue weighted by Gasteiger charge is -2.29. The third-order valence-corrected chi connectivity index (χ3v) is 5.34. The summed E-state index contributed by atoms with van der Waals surface area (Å²) in [6.45, 7) is 1.26. The Morgan fingerprint density at radius 1 is 1.20 bits per heavy atom. The van der Waals surface area contributed by atoms with Gasteiger partial charge in [-0.3, -0.25) is 4.79 Å². The fourth-order valence-electron chi connectivity index (χ4n) is 4.01. The molecule has 2 aliphatic heterocycles. The van der Waals surface area contributed by atoms with Crippen LogP contribution < -0.4 is 24.3 Å². The number of ether oxygens (including phenoxy) is 4. The molecule has 3 aromatic rings. The van der Waals surface area contributed by atoms with Crippen LogP contribution in [0.4, 0.5) is 5.82 Å². The number of methoxy groups -OCH3 is 2. The lowest BCUT2D eigenvalue weighted by molar-refractivity contribution is -0.116. The molecule has 0 unspecified atom stereocenters. The van der Waals surface area contributed by atoms with Crippen molar-refractivity contribution in [3.8, 4) is 23.0 Å². The lowest BCUT2D eigenvalue weighted by atomic mass is 9.86. The Hall–Kier alpha value is -3.62. The van der Waals surface area contributed by atoms with Gasteiger partial charge < -0.3 is 28.7 Å². The van der Waals surface area contributed by atoms with Crippen LogP contribution in [0.25, 0.3) is 0 Å². The van der Waals surface area contributed by atoms with E-state index in [2.05, 4.69) is 10.4 Å². The molecule has 0 saturated carbocycles. The van der Waals surface area contributed by atoms with Gasteiger partial charge in [-0.15, -0.1) is 0 Å². The Balaban J connectivity index is 1.62. The van der Waals surface area contributed by atoms with Crippen molar-refractivity contribution in [3.05, 3.63) is 47.5 Å². The number of fused-ring (bicyclic) bond motifs is 2. The van der Waals surface area contributed by atoms with Gasteiger partial charge in [-0.25, -0.2) is 4.68 Å². The van der Waals surface area contributed by atoms with Crippen molar-refractivity contribution in [1.82, 2.24) is 9.78 Å². The summed E-state index contributed by atoms with van der Waals surface area (Å²) in [6.07, 6.45) is 3.63. The van der Waals surface area contributed by atoms with E-state index in [0.29, 0.717) is 48.6 Å². The van der Waals surface area contributed by atoms with Crippen molar-refractivity contribution in [2.24, 2.45) is 0 Å². The van der Waals surface area contributed by atoms with E-state index in [1.54, 1.807) is 31.4 Å². The zero-order valence-electron chi connectivity index (χ0n) is 16.6. The quantitative estimate of drug-likeness (QED) is 0.689. The van der Waals surface area contributed by atoms with Crippen molar-refractivity contribution in [2.75, 3.05) is 32.8 Å². The van der Waals surface area contributed by atoms with Gasteiger partial charge in [0.05, 0.1) is 26.7 Å². The summed E-state index contributed by atoms with van der Waals surface area (Å²) in [6, 6.07) is 5.53. The molecule has 0 spiro atoms. The van der Waals surface area contributed by atoms with Crippen LogP contribution in [0.5, 0.6) is 23.0 Å². The van der Waals surface area contributed by atoms with E-state index in [1.165, 1.54) is 0 Å². The van der Waals surface area contributed by atoms with E-state index in [1.807, 2.05) is 18.2 Å². The molecule has 1 atom stereocenters. The molecular weight excluding hydrogens is 390 g/mol. The van der Waals surface area contributed by atoms with Gasteiger partial charge >= 0.3 is 0 Å². The van der Waals surface area contributed by atoms with Gasteiger partial charge in [0.25, 0.3) is 0 Å². The maximum atomic E-state index is 12.6. The second kappa shape index (κ2) is 7.33. The van der Waals surface area contributed by atoms with Crippen LogP contribution in [0.15, 0.2) is 35.1 Å². The highest BCUT2D eigenvalue weighted by atomic mass is 16.6. The van der Waals surface area contributed by atoms with Gasteiger partial charge in [-0.05, 0) is 18.2 Å². The topological polar surface area (TPSA) is 97.0 Å². The van der Waals surface area contributed by atoms with E-state index in [4.69, 9.17) is 23.4 Å². The molecule has 30 heavy (non-hydrogen) atoms. The smallest absolute Gasteiger partial charge is 0.226 e. The number of benzene rings is 1. The second-order valence-corrected chi connectivity index (χ2v) is 7.05. The van der Waals surface area contributed by atoms with E-state index < -0.39 is 0 Å². The van der Waals surface area contributed by atoms with Crippen LogP contribution in [0.1, 0.15) is 29.2 Å². The Bertz CT molecular complexity index is 1090. The monoisotopic (exact) mass is 411 g/mol. The summed E-state index contributed by atoms with van der Waals surface area (Å²) < 4.78 is 30.0. The number of carbonyl (C=O) groups excluding carboxylic acids is 1. The van der Waals surface area contributed by atoms with Gasteiger partial charge in [0.15, 0.2) is 11.5 Å². The third kappa shape index (κ3) is 2.94. The van der Waals surface area contributed by atoms with E-state index in [-0.39, 0.29) is 18.2 Å². The molecule has 1 amide bonds. The number of carbonyl (C=O) groups is 1. The van der Waals surface area contributed by atoms with Gasteiger partial charge in [-0.1, -0.05) is 0 Å². The van der Waals surface area contributed by atoms with Crippen LogP contribution in [-0.2, 0) is 11.3 Å². The molecule has 0 aliphatic carbocycles. The minimum Gasteiger partial charge on any atom is -0.493 e. The first kappa shape index (κ1) is 18.4. The van der Waals surface area contributed by atoms with E-state index in [9.17, 15) is 4.79 Å². The first-order valence-electron chi connectivity index (χ1n) is 9.62. The fourth-order valence-corrected chi connectivity index (χ4v) is 4.01. The van der Waals surface area contributed by atoms with Crippen molar-refractivity contribution in [1.29, 1.82) is 0 Å². The van der Waals surface area contributed by atoms with Crippen molar-refractivity contribution < 1.29 is 28.2 Å². The molecule has 4 heterocycles. The average molecular weight is 411 g/mol. The molecule has 2 aliphatic rings. The number of nitrogens with zero attached hydrogens (tertiary/aromatic N) is 2. The number of aromatic nitrogens is 2. The summed E-state index contributed by atoms with van der Waals surface area (Å²) >= 11 is 0. The van der Waals surface area contributed by atoms with E-state index >= 15 is 0 Å². The molecule has 2 aromatic heterocycles. The Morgan fingerprint density at radius 2 is 2.03 bits per heavy atom. The Morgan fingerprint density at radius 3 is 2.77 bits per heavy atom. The zero-order valence-corrected chi connectivity index (χ0v) is 16.6. The lowest BCUT2D eigenvalue weighted by Crippen LogP contribution is -2.25. The van der Waals surface area contributed by atoms with E-state index in [0.717, 1.165) is 16.9 Å². The third-order valence-electron chi connectivity index (χ3n) is 5.34. The highest BCUT2D eigenvalue weighted by molar-refractivity contribution is 5.94. The zero-order chi connectivity index (χ0) is 20.7. The summed E-state index contributed by atoms with van der Waals surface area (Å²) in [7, 11) is 3.15. The molecule has 0 fully saturated rings. The predicted molar refractivity (Wildman–Crippen MR) is 106 cm³/mol. The van der Waals surface area contributed by atoms with Crippen molar-refractivity contribution in [2.45, 2.75) is 18.9 Å². The van der Waals surface area contributed by atoms with Crippen LogP contribution in [0, 0.1) is 0 Å². The molecule has 9 heteroatoms. The number of anilines is 1. The largest absolute Gasteiger partial charge is 0.493 e. The molecule has 5 rings (SSSR count). The van der Waals surface area contributed by atoms with Gasteiger partial charge in [-0.2, -0.15) is 5.10 Å². The molecule has 0 bridgehead atoms. The molecule has 9 nitrogen and oxygen atoms in total. The summed E-state index contributed by atoms with van der Waals surface area (Å²) in [4.78, 5) is 12.6. The minimum absolute atomic E-state index is 0.107. The summed E-state index contributed by atoms with van der Waals surface area (Å²) in [5.41, 5.74) is 1.67. The maximum Gasteiger partial charge on any atom is 0.226 e. The van der Waals surface area contributed by atoms with Gasteiger partial charge in [0.2, 0.25) is 17.4 Å². The van der Waals surface area contributed by atoms with Gasteiger partial charge in [0, 0.05) is 23.5 Å². The van der Waals surface area contributed by atoms with Gasteiger partial charge in [0.1, 0.15) is 31.3 Å². The predicted octanol–water partition coefficient (Wildman–Crippen LogP) is 2.79. The molecule has 1 aromatic carbocycles. The van der Waals surface area contributed by atoms with Crippen LogP contribution in [-0.4, -0.2) is 43.1 Å². The second-order valence-electron chi connectivity index (χ2n) is 7.05. The number of rotatable bonds is 5. The van der Waals surface area contributed by atoms with Crippen molar-refractivity contribution in [3.63, 3.8) is 0 Å². The van der Waals surface area contributed by atoms with Crippen LogP contribution in [0.2, 0.25) is 0 Å². The maximum absolute atomic E-state index is 12.6. The fraction of sp³-hybridized carbons (Fsp3) is 0.333. The number of amides is 1. The number of hydrogen-bond acceptors (Lipinski definition) is 7. The number of furan rings is 1. The average Bonchev–Trinajstić information content (AvgIpc) is 3.42. The van der Waals surface area contributed by atoms with Crippen LogP contribution in [0.3, 0.4) is 0 Å². The molecule has 156 valence electrons. The summed E-state index contributed by atoms with van der Waals surface area (Å²) in [5.74, 6) is 3.08. The Labute approximate surface area is 172 Å². The first-order valence-corrected chi connectivity index (χ1v) is 9.62.